The fraction of sp³-hybridized carbons (Fsp3) is 0.222. The van der Waals surface area contributed by atoms with Gasteiger partial charge in [-0.05, 0) is 22.0 Å². The Bertz CT molecular complexity index is 460. The third-order valence-corrected chi connectivity index (χ3v) is 2.57. The highest BCUT2D eigenvalue weighted by Crippen LogP contribution is 2.30. The van der Waals surface area contributed by atoms with Gasteiger partial charge in [-0.25, -0.2) is 13.8 Å². The molecule has 0 spiro atoms. The first-order chi connectivity index (χ1) is 7.10. The number of hydrogen-bond donors (Lipinski definition) is 0. The maximum atomic E-state index is 12.5. The van der Waals surface area contributed by atoms with Crippen molar-refractivity contribution in [3.8, 4) is 12.1 Å². The number of aromatic nitrogens is 1. The largest absolute Gasteiger partial charge is 0.265 e. The quantitative estimate of drug-likeness (QED) is 0.831. The van der Waals surface area contributed by atoms with Crippen molar-refractivity contribution in [3.05, 3.63) is 27.5 Å². The number of halogens is 3. The second kappa shape index (κ2) is 4.81. The molecular weight excluding hydrogens is 268 g/mol. The molecule has 0 bridgehead atoms. The fourth-order valence-corrected chi connectivity index (χ4v) is 1.53. The maximum absolute atomic E-state index is 12.5. The van der Waals surface area contributed by atoms with E-state index in [1.54, 1.807) is 12.1 Å². The molecule has 0 aromatic carbocycles. The number of nitrogens with zero attached hydrogens (tertiary/aromatic N) is 3. The molecule has 15 heavy (non-hydrogen) atoms. The van der Waals surface area contributed by atoms with Crippen LogP contribution in [0.15, 0.2) is 10.5 Å². The van der Waals surface area contributed by atoms with E-state index in [9.17, 15) is 8.78 Å². The van der Waals surface area contributed by atoms with E-state index < -0.39 is 6.43 Å². The van der Waals surface area contributed by atoms with Crippen molar-refractivity contribution in [3.63, 3.8) is 0 Å². The predicted octanol–water partition coefficient (Wildman–Crippen LogP) is 2.72. The Kier molecular flexibility index (Phi) is 3.70. The summed E-state index contributed by atoms with van der Waals surface area (Å²) in [7, 11) is 0. The molecule has 0 unspecified atom stereocenters. The molecule has 0 aliphatic carbocycles. The van der Waals surface area contributed by atoms with Crippen molar-refractivity contribution in [1.82, 2.24) is 4.98 Å². The predicted molar refractivity (Wildman–Crippen MR) is 50.9 cm³/mol. The van der Waals surface area contributed by atoms with Gasteiger partial charge in [-0.15, -0.1) is 0 Å². The average molecular weight is 272 g/mol. The summed E-state index contributed by atoms with van der Waals surface area (Å²) in [5, 5.41) is 17.0. The van der Waals surface area contributed by atoms with Crippen molar-refractivity contribution in [1.29, 1.82) is 10.5 Å². The molecule has 0 N–H and O–H groups in total. The molecule has 1 aromatic rings. The van der Waals surface area contributed by atoms with Gasteiger partial charge in [0.25, 0.3) is 6.43 Å². The van der Waals surface area contributed by atoms with Crippen molar-refractivity contribution < 1.29 is 8.78 Å². The van der Waals surface area contributed by atoms with Crippen LogP contribution in [0.3, 0.4) is 0 Å². The molecular formula is C9H4BrF2N3. The Morgan fingerprint density at radius 3 is 2.60 bits per heavy atom. The third kappa shape index (κ3) is 2.48. The van der Waals surface area contributed by atoms with E-state index in [4.69, 9.17) is 10.5 Å². The van der Waals surface area contributed by atoms with Crippen LogP contribution < -0.4 is 0 Å². The first-order valence-electron chi connectivity index (χ1n) is 3.84. The summed E-state index contributed by atoms with van der Waals surface area (Å²) >= 11 is 2.94. The molecule has 0 atom stereocenters. The summed E-state index contributed by atoms with van der Waals surface area (Å²) in [6.45, 7) is 0. The van der Waals surface area contributed by atoms with E-state index >= 15 is 0 Å². The standard InChI is InChI=1S/C9H4BrF2N3/c10-8-6(9(11)12)3-5(4-14)15-7(8)1-2-13/h3,9H,1H2. The smallest absolute Gasteiger partial charge is 0.240 e. The lowest BCUT2D eigenvalue weighted by atomic mass is 10.1. The van der Waals surface area contributed by atoms with Crippen LogP contribution in [0.25, 0.3) is 0 Å². The second-order valence-corrected chi connectivity index (χ2v) is 3.40. The number of alkyl halides is 2. The van der Waals surface area contributed by atoms with Gasteiger partial charge in [-0.2, -0.15) is 10.5 Å². The highest BCUT2D eigenvalue weighted by atomic mass is 79.9. The summed E-state index contributed by atoms with van der Waals surface area (Å²) in [5.41, 5.74) is -0.266. The summed E-state index contributed by atoms with van der Waals surface area (Å²) in [4.78, 5) is 3.76. The zero-order valence-electron chi connectivity index (χ0n) is 7.34. The van der Waals surface area contributed by atoms with Gasteiger partial charge in [0.15, 0.2) is 0 Å². The van der Waals surface area contributed by atoms with E-state index in [2.05, 4.69) is 20.9 Å². The molecule has 0 radical (unpaired) electrons. The van der Waals surface area contributed by atoms with Crippen LogP contribution in [-0.2, 0) is 6.42 Å². The van der Waals surface area contributed by atoms with E-state index in [1.807, 2.05) is 0 Å². The second-order valence-electron chi connectivity index (χ2n) is 2.60. The van der Waals surface area contributed by atoms with Gasteiger partial charge >= 0.3 is 0 Å². The third-order valence-electron chi connectivity index (χ3n) is 1.65. The highest BCUT2D eigenvalue weighted by Gasteiger charge is 2.17. The van der Waals surface area contributed by atoms with Crippen molar-refractivity contribution in [2.24, 2.45) is 0 Å². The summed E-state index contributed by atoms with van der Waals surface area (Å²) in [6, 6.07) is 4.48. The van der Waals surface area contributed by atoms with Crippen molar-refractivity contribution in [2.45, 2.75) is 12.8 Å². The number of nitriles is 2. The zero-order chi connectivity index (χ0) is 11.4. The van der Waals surface area contributed by atoms with Crippen LogP contribution in [0.1, 0.15) is 23.4 Å². The average Bonchev–Trinajstić information content (AvgIpc) is 2.21. The van der Waals surface area contributed by atoms with Gasteiger partial charge in [0.2, 0.25) is 0 Å². The minimum Gasteiger partial charge on any atom is -0.240 e. The monoisotopic (exact) mass is 271 g/mol. The molecule has 1 rings (SSSR count). The Morgan fingerprint density at radius 2 is 2.13 bits per heavy atom. The van der Waals surface area contributed by atoms with E-state index in [1.165, 1.54) is 0 Å². The molecule has 1 aromatic heterocycles. The Morgan fingerprint density at radius 1 is 1.47 bits per heavy atom. The lowest BCUT2D eigenvalue weighted by Crippen LogP contribution is -1.99. The van der Waals surface area contributed by atoms with Crippen LogP contribution >= 0.6 is 15.9 Å². The maximum Gasteiger partial charge on any atom is 0.265 e. The fourth-order valence-electron chi connectivity index (χ4n) is 1.01. The lowest BCUT2D eigenvalue weighted by Gasteiger charge is -2.06. The molecule has 0 aliphatic rings. The Labute approximate surface area is 93.1 Å². The molecule has 0 saturated carbocycles. The van der Waals surface area contributed by atoms with Gasteiger partial charge in [-0.1, -0.05) is 0 Å². The molecule has 0 fully saturated rings. The molecule has 6 heteroatoms. The van der Waals surface area contributed by atoms with Crippen LogP contribution in [-0.4, -0.2) is 4.98 Å². The van der Waals surface area contributed by atoms with Gasteiger partial charge in [0, 0.05) is 10.0 Å². The normalized spacial score (nSPS) is 9.73. The van der Waals surface area contributed by atoms with Crippen LogP contribution in [0.5, 0.6) is 0 Å². The number of hydrogen-bond acceptors (Lipinski definition) is 3. The van der Waals surface area contributed by atoms with Crippen LogP contribution in [0.4, 0.5) is 8.78 Å². The van der Waals surface area contributed by atoms with Gasteiger partial charge < -0.3 is 0 Å². The topological polar surface area (TPSA) is 60.5 Å². The van der Waals surface area contributed by atoms with Crippen LogP contribution in [0, 0.1) is 22.7 Å². The summed E-state index contributed by atoms with van der Waals surface area (Å²) in [6.07, 6.45) is -2.82. The van der Waals surface area contributed by atoms with Crippen molar-refractivity contribution >= 4 is 15.9 Å². The highest BCUT2D eigenvalue weighted by molar-refractivity contribution is 9.10. The Balaban J connectivity index is 3.36. The molecule has 1 heterocycles. The lowest BCUT2D eigenvalue weighted by molar-refractivity contribution is 0.150. The van der Waals surface area contributed by atoms with Crippen molar-refractivity contribution in [2.75, 3.05) is 0 Å². The van der Waals surface area contributed by atoms with E-state index in [-0.39, 0.29) is 27.8 Å². The van der Waals surface area contributed by atoms with Gasteiger partial charge in [-0.3, -0.25) is 0 Å². The molecule has 76 valence electrons. The minimum absolute atomic E-state index is 0.0954. The molecule has 0 saturated heterocycles. The first-order valence-corrected chi connectivity index (χ1v) is 4.64. The number of pyridine rings is 1. The SMILES string of the molecule is N#CCc1nc(C#N)cc(C(F)F)c1Br. The van der Waals surface area contributed by atoms with E-state index in [0.29, 0.717) is 0 Å². The number of rotatable bonds is 2. The molecule has 3 nitrogen and oxygen atoms in total. The van der Waals surface area contributed by atoms with Gasteiger partial charge in [0.1, 0.15) is 11.8 Å². The summed E-state index contributed by atoms with van der Waals surface area (Å²) in [5.74, 6) is 0. The van der Waals surface area contributed by atoms with Crippen LogP contribution in [0.2, 0.25) is 0 Å². The molecule has 0 aliphatic heterocycles. The first kappa shape index (κ1) is 11.5. The molecule has 0 amide bonds. The van der Waals surface area contributed by atoms with Gasteiger partial charge in [0.05, 0.1) is 18.2 Å². The zero-order valence-corrected chi connectivity index (χ0v) is 8.92. The summed E-state index contributed by atoms with van der Waals surface area (Å²) < 4.78 is 25.1. The minimum atomic E-state index is -2.70. The van der Waals surface area contributed by atoms with E-state index in [0.717, 1.165) is 6.07 Å². The Hall–Kier alpha value is -1.53.